The van der Waals surface area contributed by atoms with Gasteiger partial charge in [-0.1, -0.05) is 45.4 Å². The van der Waals surface area contributed by atoms with Gasteiger partial charge in [0.2, 0.25) is 0 Å². The van der Waals surface area contributed by atoms with Crippen molar-refractivity contribution >= 4 is 11.6 Å². The summed E-state index contributed by atoms with van der Waals surface area (Å²) in [5, 5.41) is 3.47. The minimum absolute atomic E-state index is 0.106. The van der Waals surface area contributed by atoms with Crippen LogP contribution < -0.4 is 5.32 Å². The van der Waals surface area contributed by atoms with E-state index in [4.69, 9.17) is 16.3 Å². The van der Waals surface area contributed by atoms with Gasteiger partial charge in [0.1, 0.15) is 0 Å². The number of unbranched alkanes of at least 4 members (excludes halogenated alkanes) is 6. The van der Waals surface area contributed by atoms with Gasteiger partial charge in [-0.2, -0.15) is 0 Å². The normalized spacial score (nSPS) is 12.9. The molecule has 3 heteroatoms. The zero-order valence-corrected chi connectivity index (χ0v) is 11.7. The Morgan fingerprint density at radius 2 is 1.69 bits per heavy atom. The van der Waals surface area contributed by atoms with Gasteiger partial charge in [0.25, 0.3) is 0 Å². The van der Waals surface area contributed by atoms with Gasteiger partial charge >= 0.3 is 0 Å². The van der Waals surface area contributed by atoms with E-state index in [0.717, 1.165) is 13.1 Å². The molecule has 0 spiro atoms. The molecule has 0 amide bonds. The van der Waals surface area contributed by atoms with Crippen LogP contribution in [0.15, 0.2) is 0 Å². The number of alkyl halides is 1. The summed E-state index contributed by atoms with van der Waals surface area (Å²) < 4.78 is 4.96. The average molecular weight is 250 g/mol. The summed E-state index contributed by atoms with van der Waals surface area (Å²) in [4.78, 5) is 0. The maximum atomic E-state index is 5.99. The first-order chi connectivity index (χ1) is 7.81. The number of hydrogen-bond acceptors (Lipinski definition) is 2. The van der Waals surface area contributed by atoms with Crippen molar-refractivity contribution in [2.45, 2.75) is 57.2 Å². The van der Waals surface area contributed by atoms with E-state index in [-0.39, 0.29) is 5.38 Å². The molecule has 0 saturated carbocycles. The monoisotopic (exact) mass is 249 g/mol. The molecule has 0 heterocycles. The van der Waals surface area contributed by atoms with Crippen LogP contribution in [0.2, 0.25) is 0 Å². The molecule has 0 aromatic rings. The molecule has 0 saturated heterocycles. The molecule has 0 aliphatic rings. The Hall–Kier alpha value is 0.210. The van der Waals surface area contributed by atoms with Crippen LogP contribution in [0.1, 0.15) is 51.9 Å². The molecule has 0 radical (unpaired) electrons. The Morgan fingerprint density at radius 3 is 2.31 bits per heavy atom. The Morgan fingerprint density at radius 1 is 1.06 bits per heavy atom. The smallest absolute Gasteiger partial charge is 0.0693 e. The van der Waals surface area contributed by atoms with Gasteiger partial charge in [-0.05, 0) is 13.0 Å². The summed E-state index contributed by atoms with van der Waals surface area (Å²) in [5.74, 6) is 0. The fourth-order valence-corrected chi connectivity index (χ4v) is 1.94. The summed E-state index contributed by atoms with van der Waals surface area (Å²) in [6.45, 7) is 4.82. The first-order valence-corrected chi connectivity index (χ1v) is 7.08. The van der Waals surface area contributed by atoms with E-state index in [9.17, 15) is 0 Å². The Kier molecular flexibility index (Phi) is 13.4. The largest absolute Gasteiger partial charge is 0.383 e. The highest BCUT2D eigenvalue weighted by atomic mass is 35.5. The summed E-state index contributed by atoms with van der Waals surface area (Å²) in [6, 6.07) is 0. The van der Waals surface area contributed by atoms with Gasteiger partial charge in [0.05, 0.1) is 12.0 Å². The zero-order chi connectivity index (χ0) is 12.1. The van der Waals surface area contributed by atoms with Crippen LogP contribution in [0.25, 0.3) is 0 Å². The minimum atomic E-state index is 0.106. The Labute approximate surface area is 106 Å². The van der Waals surface area contributed by atoms with Crippen molar-refractivity contribution in [1.82, 2.24) is 5.32 Å². The second kappa shape index (κ2) is 13.3. The molecule has 0 bridgehead atoms. The van der Waals surface area contributed by atoms with Gasteiger partial charge in [-0.25, -0.2) is 0 Å². The van der Waals surface area contributed by atoms with Crippen molar-refractivity contribution in [3.05, 3.63) is 0 Å². The molecule has 0 aromatic heterocycles. The lowest BCUT2D eigenvalue weighted by molar-refractivity contribution is 0.197. The average Bonchev–Trinajstić information content (AvgIpc) is 2.27. The van der Waals surface area contributed by atoms with E-state index in [1.807, 2.05) is 0 Å². The third-order valence-corrected chi connectivity index (χ3v) is 2.95. The SMILES string of the molecule is CCCCCCCCCNCC(Cl)COC. The van der Waals surface area contributed by atoms with E-state index in [1.54, 1.807) is 7.11 Å². The van der Waals surface area contributed by atoms with Crippen molar-refractivity contribution < 1.29 is 4.74 Å². The van der Waals surface area contributed by atoms with E-state index in [0.29, 0.717) is 6.61 Å². The quantitative estimate of drug-likeness (QED) is 0.422. The molecule has 2 nitrogen and oxygen atoms in total. The predicted octanol–water partition coefficient (Wildman–Crippen LogP) is 3.58. The minimum Gasteiger partial charge on any atom is -0.383 e. The third kappa shape index (κ3) is 12.3. The van der Waals surface area contributed by atoms with E-state index in [1.165, 1.54) is 44.9 Å². The molecular weight excluding hydrogens is 222 g/mol. The van der Waals surface area contributed by atoms with Gasteiger partial charge < -0.3 is 10.1 Å². The Balaban J connectivity index is 2.98. The summed E-state index contributed by atoms with van der Waals surface area (Å²) in [5.41, 5.74) is 0. The van der Waals surface area contributed by atoms with Crippen LogP contribution in [-0.2, 0) is 4.74 Å². The second-order valence-corrected chi connectivity index (χ2v) is 5.00. The molecule has 0 fully saturated rings. The summed E-state index contributed by atoms with van der Waals surface area (Å²) >= 11 is 5.99. The molecule has 0 aliphatic carbocycles. The first kappa shape index (κ1) is 16.2. The van der Waals surface area contributed by atoms with Crippen LogP contribution >= 0.6 is 11.6 Å². The van der Waals surface area contributed by atoms with Crippen LogP contribution in [0, 0.1) is 0 Å². The lowest BCUT2D eigenvalue weighted by Gasteiger charge is -2.09. The van der Waals surface area contributed by atoms with Crippen LogP contribution in [0.5, 0.6) is 0 Å². The van der Waals surface area contributed by atoms with Gasteiger partial charge in [0.15, 0.2) is 0 Å². The van der Waals surface area contributed by atoms with E-state index in [2.05, 4.69) is 12.2 Å². The van der Waals surface area contributed by atoms with E-state index < -0.39 is 0 Å². The van der Waals surface area contributed by atoms with Gasteiger partial charge in [0, 0.05) is 13.7 Å². The zero-order valence-electron chi connectivity index (χ0n) is 10.9. The summed E-state index contributed by atoms with van der Waals surface area (Å²) in [6.07, 6.45) is 9.51. The van der Waals surface area contributed by atoms with Crippen LogP contribution in [0.4, 0.5) is 0 Å². The number of rotatable bonds is 12. The first-order valence-electron chi connectivity index (χ1n) is 6.65. The summed E-state index contributed by atoms with van der Waals surface area (Å²) in [7, 11) is 1.69. The molecule has 98 valence electrons. The maximum Gasteiger partial charge on any atom is 0.0693 e. The molecule has 0 aliphatic heterocycles. The number of ether oxygens (including phenoxy) is 1. The molecule has 1 unspecified atom stereocenters. The number of methoxy groups -OCH3 is 1. The molecule has 0 rings (SSSR count). The van der Waals surface area contributed by atoms with Crippen molar-refractivity contribution in [2.75, 3.05) is 26.8 Å². The molecule has 16 heavy (non-hydrogen) atoms. The number of hydrogen-bond donors (Lipinski definition) is 1. The lowest BCUT2D eigenvalue weighted by Crippen LogP contribution is -2.27. The second-order valence-electron chi connectivity index (χ2n) is 4.38. The van der Waals surface area contributed by atoms with Crippen molar-refractivity contribution in [1.29, 1.82) is 0 Å². The third-order valence-electron chi connectivity index (χ3n) is 2.67. The van der Waals surface area contributed by atoms with Crippen LogP contribution in [0.3, 0.4) is 0 Å². The number of nitrogens with one attached hydrogen (secondary N) is 1. The highest BCUT2D eigenvalue weighted by molar-refractivity contribution is 6.20. The van der Waals surface area contributed by atoms with Gasteiger partial charge in [-0.3, -0.25) is 0 Å². The topological polar surface area (TPSA) is 21.3 Å². The highest BCUT2D eigenvalue weighted by Gasteiger charge is 2.01. The predicted molar refractivity (Wildman–Crippen MR) is 72.4 cm³/mol. The van der Waals surface area contributed by atoms with Crippen molar-refractivity contribution in [3.63, 3.8) is 0 Å². The van der Waals surface area contributed by atoms with Crippen molar-refractivity contribution in [3.8, 4) is 0 Å². The Bertz CT molecular complexity index is 133. The lowest BCUT2D eigenvalue weighted by atomic mass is 10.1. The number of halogens is 1. The molecule has 1 N–H and O–H groups in total. The molecule has 0 aromatic carbocycles. The standard InChI is InChI=1S/C13H28ClNO/c1-3-4-5-6-7-8-9-10-15-11-13(14)12-16-2/h13,15H,3-12H2,1-2H3. The molecular formula is C13H28ClNO. The highest BCUT2D eigenvalue weighted by Crippen LogP contribution is 2.06. The van der Waals surface area contributed by atoms with E-state index >= 15 is 0 Å². The van der Waals surface area contributed by atoms with Crippen LogP contribution in [-0.4, -0.2) is 32.2 Å². The van der Waals surface area contributed by atoms with Gasteiger partial charge in [-0.15, -0.1) is 11.6 Å². The molecule has 1 atom stereocenters. The fourth-order valence-electron chi connectivity index (χ4n) is 1.71. The maximum absolute atomic E-state index is 5.99. The fraction of sp³-hybridized carbons (Fsp3) is 1.00. The van der Waals surface area contributed by atoms with Crippen molar-refractivity contribution in [2.24, 2.45) is 0 Å².